The number of hydrogen-bond donors (Lipinski definition) is 2. The van der Waals surface area contributed by atoms with E-state index in [0.717, 1.165) is 18.4 Å². The number of carboxylic acids is 1. The van der Waals surface area contributed by atoms with Crippen molar-refractivity contribution in [2.45, 2.75) is 6.04 Å². The highest BCUT2D eigenvalue weighted by Crippen LogP contribution is 2.33. The van der Waals surface area contributed by atoms with E-state index in [1.54, 1.807) is 24.3 Å². The summed E-state index contributed by atoms with van der Waals surface area (Å²) in [4.78, 5) is 11.9. The Bertz CT molecular complexity index is 1110. The third-order valence-electron chi connectivity index (χ3n) is 3.83. The zero-order chi connectivity index (χ0) is 19.1. The molecule has 1 heterocycles. The van der Waals surface area contributed by atoms with E-state index in [0.29, 0.717) is 16.6 Å². The number of carboxylic acid groups (broad SMARTS) is 1. The van der Waals surface area contributed by atoms with E-state index in [2.05, 4.69) is 4.72 Å². The molecule has 0 aliphatic carbocycles. The van der Waals surface area contributed by atoms with Gasteiger partial charge < -0.3 is 9.67 Å². The van der Waals surface area contributed by atoms with Crippen molar-refractivity contribution in [3.8, 4) is 0 Å². The van der Waals surface area contributed by atoms with Gasteiger partial charge in [-0.1, -0.05) is 23.7 Å². The second-order valence-corrected chi connectivity index (χ2v) is 7.90. The number of benzene rings is 2. The number of aromatic nitrogens is 1. The van der Waals surface area contributed by atoms with Gasteiger partial charge in [-0.3, -0.25) is 4.72 Å². The van der Waals surface area contributed by atoms with Crippen LogP contribution in [0.25, 0.3) is 10.9 Å². The number of rotatable bonds is 5. The molecule has 2 aromatic carbocycles. The molecular formula is C17H14ClFN2O4S. The van der Waals surface area contributed by atoms with Crippen LogP contribution in [0, 0.1) is 5.82 Å². The Hall–Kier alpha value is -2.58. The van der Waals surface area contributed by atoms with E-state index >= 15 is 0 Å². The lowest BCUT2D eigenvalue weighted by atomic mass is 10.1. The minimum absolute atomic E-state index is 0.00957. The Morgan fingerprint density at radius 3 is 2.62 bits per heavy atom. The Morgan fingerprint density at radius 1 is 1.27 bits per heavy atom. The van der Waals surface area contributed by atoms with E-state index in [-0.39, 0.29) is 10.6 Å². The second-order valence-electron chi connectivity index (χ2n) is 5.74. The van der Waals surface area contributed by atoms with Crippen molar-refractivity contribution in [1.29, 1.82) is 0 Å². The van der Waals surface area contributed by atoms with Crippen molar-refractivity contribution >= 4 is 44.2 Å². The van der Waals surface area contributed by atoms with Crippen LogP contribution in [0.4, 0.5) is 10.1 Å². The molecule has 2 N–H and O–H groups in total. The van der Waals surface area contributed by atoms with Gasteiger partial charge in [-0.25, -0.2) is 17.6 Å². The molecule has 0 aliphatic rings. The monoisotopic (exact) mass is 396 g/mol. The van der Waals surface area contributed by atoms with Crippen molar-refractivity contribution < 1.29 is 22.7 Å². The fraction of sp³-hybridized carbons (Fsp3) is 0.118. The number of hydrogen-bond acceptors (Lipinski definition) is 3. The lowest BCUT2D eigenvalue weighted by Gasteiger charge is -2.18. The average Bonchev–Trinajstić information content (AvgIpc) is 2.93. The van der Waals surface area contributed by atoms with Gasteiger partial charge in [-0.05, 0) is 30.3 Å². The summed E-state index contributed by atoms with van der Waals surface area (Å²) in [7, 11) is -3.50. The van der Waals surface area contributed by atoms with Crippen molar-refractivity contribution in [3.63, 3.8) is 0 Å². The number of nitrogens with zero attached hydrogens (tertiary/aromatic N) is 1. The highest BCUT2D eigenvalue weighted by molar-refractivity contribution is 7.92. The number of halogens is 2. The molecule has 26 heavy (non-hydrogen) atoms. The molecule has 136 valence electrons. The number of sulfonamides is 1. The van der Waals surface area contributed by atoms with Crippen LogP contribution < -0.4 is 4.72 Å². The molecule has 9 heteroatoms. The van der Waals surface area contributed by atoms with Crippen LogP contribution in [0.5, 0.6) is 0 Å². The van der Waals surface area contributed by atoms with Crippen molar-refractivity contribution in [2.75, 3.05) is 11.0 Å². The summed E-state index contributed by atoms with van der Waals surface area (Å²) in [6, 6.07) is 8.77. The summed E-state index contributed by atoms with van der Waals surface area (Å²) in [6.45, 7) is 0. The largest absolute Gasteiger partial charge is 0.479 e. The summed E-state index contributed by atoms with van der Waals surface area (Å²) in [5, 5.41) is 10.2. The van der Waals surface area contributed by atoms with Gasteiger partial charge in [0.25, 0.3) is 0 Å². The van der Waals surface area contributed by atoms with Crippen LogP contribution in [-0.4, -0.2) is 30.3 Å². The van der Waals surface area contributed by atoms with Gasteiger partial charge in [0.15, 0.2) is 6.04 Å². The zero-order valence-electron chi connectivity index (χ0n) is 13.5. The maximum absolute atomic E-state index is 13.3. The Balaban J connectivity index is 2.19. The molecule has 1 atom stereocenters. The predicted octanol–water partition coefficient (Wildman–Crippen LogP) is 3.48. The average molecular weight is 397 g/mol. The summed E-state index contributed by atoms with van der Waals surface area (Å²) >= 11 is 6.05. The molecule has 0 spiro atoms. The highest BCUT2D eigenvalue weighted by Gasteiger charge is 2.26. The van der Waals surface area contributed by atoms with Gasteiger partial charge in [-0.15, -0.1) is 0 Å². The molecule has 1 unspecified atom stereocenters. The van der Waals surface area contributed by atoms with Gasteiger partial charge >= 0.3 is 5.97 Å². The van der Waals surface area contributed by atoms with Crippen LogP contribution in [0.2, 0.25) is 5.02 Å². The quantitative estimate of drug-likeness (QED) is 0.691. The van der Waals surface area contributed by atoms with Crippen LogP contribution in [-0.2, 0) is 14.8 Å². The lowest BCUT2D eigenvalue weighted by molar-refractivity contribution is -0.139. The first kappa shape index (κ1) is 18.2. The molecule has 1 aromatic heterocycles. The molecule has 0 saturated heterocycles. The minimum atomic E-state index is -3.50. The second kappa shape index (κ2) is 6.62. The first-order valence-corrected chi connectivity index (χ1v) is 9.69. The van der Waals surface area contributed by atoms with Gasteiger partial charge in [0.05, 0.1) is 17.5 Å². The van der Waals surface area contributed by atoms with Crippen LogP contribution in [0.1, 0.15) is 11.6 Å². The smallest absolute Gasteiger partial charge is 0.331 e. The maximum Gasteiger partial charge on any atom is 0.331 e. The normalized spacial score (nSPS) is 12.9. The highest BCUT2D eigenvalue weighted by atomic mass is 35.5. The van der Waals surface area contributed by atoms with Crippen LogP contribution in [0.15, 0.2) is 48.7 Å². The van der Waals surface area contributed by atoms with Crippen molar-refractivity contribution in [2.24, 2.45) is 0 Å². The summed E-state index contributed by atoms with van der Waals surface area (Å²) in [5.41, 5.74) is 1.05. The molecule has 0 bridgehead atoms. The maximum atomic E-state index is 13.3. The molecule has 0 aliphatic heterocycles. The van der Waals surface area contributed by atoms with Crippen molar-refractivity contribution in [3.05, 3.63) is 65.1 Å². The number of nitrogens with one attached hydrogen (secondary N) is 1. The van der Waals surface area contributed by atoms with E-state index < -0.39 is 27.9 Å². The first-order chi connectivity index (χ1) is 12.2. The summed E-state index contributed by atoms with van der Waals surface area (Å²) in [6.07, 6.45) is 2.55. The number of carbonyl (C=O) groups is 1. The number of fused-ring (bicyclic) bond motifs is 1. The van der Waals surface area contributed by atoms with E-state index in [9.17, 15) is 22.7 Å². The molecule has 0 amide bonds. The molecule has 0 fully saturated rings. The lowest BCUT2D eigenvalue weighted by Crippen LogP contribution is -2.20. The van der Waals surface area contributed by atoms with Gasteiger partial charge in [0.1, 0.15) is 5.82 Å². The predicted molar refractivity (Wildman–Crippen MR) is 97.6 cm³/mol. The fourth-order valence-electron chi connectivity index (χ4n) is 2.83. The number of aliphatic carboxylic acids is 1. The molecule has 6 nitrogen and oxygen atoms in total. The topological polar surface area (TPSA) is 88.4 Å². The zero-order valence-corrected chi connectivity index (χ0v) is 15.1. The van der Waals surface area contributed by atoms with Gasteiger partial charge in [-0.2, -0.15) is 0 Å². The Labute approximate surface area is 153 Å². The molecule has 0 saturated carbocycles. The molecule has 3 rings (SSSR count). The fourth-order valence-corrected chi connectivity index (χ4v) is 3.68. The van der Waals surface area contributed by atoms with Crippen LogP contribution >= 0.6 is 11.6 Å². The van der Waals surface area contributed by atoms with Crippen LogP contribution in [0.3, 0.4) is 0 Å². The van der Waals surface area contributed by atoms with E-state index in [1.165, 1.54) is 16.8 Å². The van der Waals surface area contributed by atoms with Gasteiger partial charge in [0, 0.05) is 22.2 Å². The molecule has 0 radical (unpaired) electrons. The third kappa shape index (κ3) is 3.51. The Morgan fingerprint density at radius 2 is 2.00 bits per heavy atom. The standard InChI is InChI=1S/C17H14ClFN2O4S/c1-26(24,25)20-14-3-2-4-15-12(14)7-8-21(15)16(17(22)23)11-6-5-10(19)9-13(11)18/h2-9,16,20H,1H3,(H,22,23). The Kier molecular flexibility index (Phi) is 4.64. The minimum Gasteiger partial charge on any atom is -0.479 e. The summed E-state index contributed by atoms with van der Waals surface area (Å²) < 4.78 is 40.2. The number of anilines is 1. The summed E-state index contributed by atoms with van der Waals surface area (Å²) in [5.74, 6) is -1.75. The van der Waals surface area contributed by atoms with E-state index in [1.807, 2.05) is 0 Å². The van der Waals surface area contributed by atoms with Crippen molar-refractivity contribution in [1.82, 2.24) is 4.57 Å². The SMILES string of the molecule is CS(=O)(=O)Nc1cccc2c1ccn2C(C(=O)O)c1ccc(F)cc1Cl. The first-order valence-electron chi connectivity index (χ1n) is 7.42. The molecular weight excluding hydrogens is 383 g/mol. The third-order valence-corrected chi connectivity index (χ3v) is 4.75. The van der Waals surface area contributed by atoms with Gasteiger partial charge in [0.2, 0.25) is 10.0 Å². The van der Waals surface area contributed by atoms with E-state index in [4.69, 9.17) is 11.6 Å². The molecule has 3 aromatic rings.